The van der Waals surface area contributed by atoms with Crippen molar-refractivity contribution in [2.75, 3.05) is 58.5 Å². The van der Waals surface area contributed by atoms with Gasteiger partial charge in [-0.15, -0.1) is 46.2 Å². The predicted molar refractivity (Wildman–Crippen MR) is 200 cm³/mol. The molecule has 0 aliphatic carbocycles. The van der Waals surface area contributed by atoms with Crippen LogP contribution in [0.1, 0.15) is 11.4 Å². The Hall–Kier alpha value is -5.08. The Morgan fingerprint density at radius 2 is 1.53 bits per heavy atom. The summed E-state index contributed by atoms with van der Waals surface area (Å²) in [7, 11) is 5.31. The lowest BCUT2D eigenvalue weighted by Crippen LogP contribution is -2.74. The number of nitrogens with one attached hydrogen (secondary N) is 3. The Morgan fingerprint density at radius 1 is 0.909 bits per heavy atom. The second kappa shape index (κ2) is 16.7. The number of ether oxygens (including phenoxy) is 2. The van der Waals surface area contributed by atoms with Crippen LogP contribution in [0.15, 0.2) is 43.3 Å². The molecule has 0 radical (unpaired) electrons. The Labute approximate surface area is 327 Å². The largest absolute Gasteiger partial charge is 0.479 e. The van der Waals surface area contributed by atoms with Gasteiger partial charge in [-0.25, -0.2) is 14.8 Å². The van der Waals surface area contributed by atoms with Crippen LogP contribution in [0.5, 0.6) is 0 Å². The first-order valence-corrected chi connectivity index (χ1v) is 19.6. The molecule has 2 fully saturated rings. The smallest absolute Gasteiger partial charge is 0.330 e. The number of hydrogen-bond donors (Lipinski definition) is 5. The second-order valence-corrected chi connectivity index (χ2v) is 15.5. The molecule has 0 saturated carbocycles. The summed E-state index contributed by atoms with van der Waals surface area (Å²) in [5, 5.41) is 28.7. The number of nitrogens with two attached hydrogens (primary N) is 1. The summed E-state index contributed by atoms with van der Waals surface area (Å²) in [4.78, 5) is 99.5. The molecule has 6 heterocycles. The average Bonchev–Trinajstić information content (AvgIpc) is 3.81. The van der Waals surface area contributed by atoms with Crippen LogP contribution in [0.4, 0.5) is 10.3 Å². The molecule has 6 rings (SSSR count). The molecule has 25 heteroatoms. The lowest BCUT2D eigenvalue weighted by molar-refractivity contribution is -0.160. The lowest BCUT2D eigenvalue weighted by Gasteiger charge is -2.51. The number of oxime groups is 2. The molecule has 292 valence electrons. The summed E-state index contributed by atoms with van der Waals surface area (Å²) >= 11 is 4.53. The minimum absolute atomic E-state index is 0.00775. The van der Waals surface area contributed by atoms with Gasteiger partial charge in [-0.1, -0.05) is 10.3 Å². The summed E-state index contributed by atoms with van der Waals surface area (Å²) in [6, 6.07) is -3.33. The number of methoxy groups -OCH3 is 2. The number of aromatic nitrogens is 2. The van der Waals surface area contributed by atoms with Crippen LogP contribution < -0.4 is 21.7 Å². The third-order valence-corrected chi connectivity index (χ3v) is 12.3. The van der Waals surface area contributed by atoms with E-state index in [1.54, 1.807) is 5.41 Å². The quantitative estimate of drug-likeness (QED) is 0.0835. The van der Waals surface area contributed by atoms with Gasteiger partial charge >= 0.3 is 5.97 Å². The highest BCUT2D eigenvalue weighted by Gasteiger charge is 2.57. The van der Waals surface area contributed by atoms with Crippen LogP contribution in [0, 0.1) is 0 Å². The Kier molecular flexibility index (Phi) is 12.1. The number of anilines is 2. The first-order chi connectivity index (χ1) is 26.4. The molecule has 4 aliphatic heterocycles. The van der Waals surface area contributed by atoms with Crippen molar-refractivity contribution in [2.24, 2.45) is 10.3 Å². The van der Waals surface area contributed by atoms with Gasteiger partial charge in [0, 0.05) is 30.7 Å². The van der Waals surface area contributed by atoms with E-state index in [0.29, 0.717) is 16.9 Å². The molecule has 2 aromatic rings. The maximum Gasteiger partial charge on any atom is 0.330 e. The third kappa shape index (κ3) is 7.62. The first-order valence-electron chi connectivity index (χ1n) is 15.8. The molecule has 4 aliphatic rings. The Bertz CT molecular complexity index is 2050. The molecule has 21 nitrogen and oxygen atoms in total. The molecule has 5 atom stereocenters. The number of carbonyl (C=O) groups excluding carboxylic acids is 5. The zero-order valence-electron chi connectivity index (χ0n) is 29.2. The lowest BCUT2D eigenvalue weighted by atomic mass is 9.98. The first kappa shape index (κ1) is 39.6. The van der Waals surface area contributed by atoms with Crippen LogP contribution in [0.3, 0.4) is 0 Å². The van der Waals surface area contributed by atoms with E-state index in [0.717, 1.165) is 22.7 Å². The van der Waals surface area contributed by atoms with E-state index in [-0.39, 0.29) is 52.0 Å². The number of rotatable bonds is 15. The van der Waals surface area contributed by atoms with Gasteiger partial charge in [0.15, 0.2) is 27.7 Å². The van der Waals surface area contributed by atoms with Crippen LogP contribution in [-0.4, -0.2) is 148 Å². The van der Waals surface area contributed by atoms with E-state index in [2.05, 4.69) is 36.2 Å². The summed E-state index contributed by atoms with van der Waals surface area (Å²) < 4.78 is 10.4. The Balaban J connectivity index is 1.14. The van der Waals surface area contributed by atoms with Gasteiger partial charge in [-0.05, 0) is 16.6 Å². The molecular weight excluding hydrogens is 805 g/mol. The number of thioether (sulfide) groups is 2. The number of fused-ring (bicyclic) bond motifs is 2. The zero-order chi connectivity index (χ0) is 39.6. The normalized spacial score (nSPS) is 23.5. The molecule has 6 N–H and O–H groups in total. The third-order valence-electron chi connectivity index (χ3n) is 8.29. The van der Waals surface area contributed by atoms with Crippen LogP contribution >= 0.6 is 46.2 Å². The van der Waals surface area contributed by atoms with Gasteiger partial charge in [0.1, 0.15) is 54.1 Å². The number of carboxylic acids is 1. The highest BCUT2D eigenvalue weighted by Crippen LogP contribution is 2.42. The number of aliphatic carboxylic acids is 1. The molecule has 2 aromatic heterocycles. The highest BCUT2D eigenvalue weighted by atomic mass is 32.2. The molecule has 5 amide bonds. The maximum absolute atomic E-state index is 13.8. The van der Waals surface area contributed by atoms with Crippen molar-refractivity contribution in [3.8, 4) is 0 Å². The summed E-state index contributed by atoms with van der Waals surface area (Å²) in [5.41, 5.74) is 6.27. The van der Waals surface area contributed by atoms with Gasteiger partial charge in [-0.3, -0.25) is 34.2 Å². The van der Waals surface area contributed by atoms with Crippen molar-refractivity contribution >= 4 is 103 Å². The van der Waals surface area contributed by atoms with E-state index < -0.39 is 64.4 Å². The standard InChI is InChI=1S/C30H32N10O11S4/c1-48-5-11-7-52-26-17(34-21(41)15(37-50-3)13-9-54-29(31)32-13)24(44)39(26)19(11)23(43)36-30-33-14(10-55-30)16(38-51-4)22(42)35-18-25(45)40-20(28(46)47)12(6-49-2)8-53-27(18)40/h8-10,17-18,20,26-27H,5-7H2,1-4H3,(H2,31,32)(H,34,41)(H,35,42)(H,46,47)(H,33,36,43)/b37-15-,38-16-/t17-,18-,20?,26-,27-/m1/s1. The number of β-lactam (4-membered cyclic amide) rings is 2. The molecular formula is C30H32N10O11S4. The second-order valence-electron chi connectivity index (χ2n) is 11.6. The molecule has 1 unspecified atom stereocenters. The highest BCUT2D eigenvalue weighted by molar-refractivity contribution is 8.03. The molecule has 55 heavy (non-hydrogen) atoms. The van der Waals surface area contributed by atoms with Crippen LogP contribution in [-0.2, 0) is 47.9 Å². The summed E-state index contributed by atoms with van der Waals surface area (Å²) in [5.74, 6) is -4.38. The SMILES string of the molecule is COCC1=CS[C@@H]2[C@H](NC(=O)/C(=N\OC)c3csc(NC(=O)C4=C(COC)CS[C@@H]5[C@H](NC(=O)/C(=N\OC)c6csc(N)n6)C(=O)N45)n3)C(=O)N2C1C(=O)O. The fourth-order valence-corrected chi connectivity index (χ4v) is 9.76. The fourth-order valence-electron chi connectivity index (χ4n) is 5.98. The van der Waals surface area contributed by atoms with Gasteiger partial charge in [0.25, 0.3) is 23.6 Å². The number of carbonyl (C=O) groups is 6. The van der Waals surface area contributed by atoms with Crippen molar-refractivity contribution < 1.29 is 53.0 Å². The van der Waals surface area contributed by atoms with Crippen molar-refractivity contribution in [1.82, 2.24) is 30.4 Å². The number of nitrogen functional groups attached to an aromatic ring is 1. The van der Waals surface area contributed by atoms with Gasteiger partial charge < -0.3 is 45.5 Å². The van der Waals surface area contributed by atoms with E-state index >= 15 is 0 Å². The topological polar surface area (TPSA) is 279 Å². The minimum atomic E-state index is -1.24. The number of amides is 5. The van der Waals surface area contributed by atoms with Gasteiger partial charge in [0.2, 0.25) is 5.91 Å². The predicted octanol–water partition coefficient (Wildman–Crippen LogP) is -0.795. The Morgan fingerprint density at radius 3 is 2.11 bits per heavy atom. The summed E-state index contributed by atoms with van der Waals surface area (Å²) in [6.07, 6.45) is 0. The maximum atomic E-state index is 13.8. The van der Waals surface area contributed by atoms with Crippen molar-refractivity contribution in [1.29, 1.82) is 0 Å². The van der Waals surface area contributed by atoms with E-state index in [9.17, 15) is 33.9 Å². The van der Waals surface area contributed by atoms with Crippen molar-refractivity contribution in [2.45, 2.75) is 28.9 Å². The minimum Gasteiger partial charge on any atom is -0.479 e. The van der Waals surface area contributed by atoms with Crippen LogP contribution in [0.2, 0.25) is 0 Å². The zero-order valence-corrected chi connectivity index (χ0v) is 32.4. The molecule has 0 bridgehead atoms. The van der Waals surface area contributed by atoms with E-state index in [1.807, 2.05) is 0 Å². The van der Waals surface area contributed by atoms with Crippen molar-refractivity contribution in [3.63, 3.8) is 0 Å². The number of carboxylic acid groups (broad SMARTS) is 1. The average molecular weight is 837 g/mol. The van der Waals surface area contributed by atoms with Crippen molar-refractivity contribution in [3.05, 3.63) is 44.4 Å². The number of nitrogens with zero attached hydrogens (tertiary/aromatic N) is 6. The summed E-state index contributed by atoms with van der Waals surface area (Å²) in [6.45, 7) is 0.0412. The fraction of sp³-hybridized carbons (Fsp3) is 0.400. The van der Waals surface area contributed by atoms with Crippen LogP contribution in [0.25, 0.3) is 0 Å². The van der Waals surface area contributed by atoms with Gasteiger partial charge in [-0.2, -0.15) is 0 Å². The van der Waals surface area contributed by atoms with E-state index in [4.69, 9.17) is 24.9 Å². The number of thiazole rings is 2. The molecule has 0 spiro atoms. The monoisotopic (exact) mass is 836 g/mol. The van der Waals surface area contributed by atoms with Gasteiger partial charge in [0.05, 0.1) is 13.2 Å². The van der Waals surface area contributed by atoms with E-state index in [1.165, 1.54) is 72.5 Å². The molecule has 2 saturated heterocycles. The number of hydrogen-bond acceptors (Lipinski definition) is 19. The molecule has 0 aromatic carbocycles.